The first kappa shape index (κ1) is 11.5. The third-order valence-corrected chi connectivity index (χ3v) is 3.22. The Morgan fingerprint density at radius 1 is 0.938 bits per heavy atom. The smallest absolute Gasteiger partial charge is 0.0688 e. The molecule has 0 aliphatic carbocycles. The fourth-order valence-electron chi connectivity index (χ4n) is 1.64. The van der Waals surface area contributed by atoms with E-state index in [1.165, 1.54) is 0 Å². The predicted octanol–water partition coefficient (Wildman–Crippen LogP) is 4.15. The zero-order valence-electron chi connectivity index (χ0n) is 8.45. The van der Waals surface area contributed by atoms with Gasteiger partial charge >= 0.3 is 0 Å². The van der Waals surface area contributed by atoms with Crippen LogP contribution in [-0.2, 0) is 6.61 Å². The molecule has 0 aliphatic heterocycles. The van der Waals surface area contributed by atoms with E-state index in [2.05, 4.69) is 0 Å². The maximum absolute atomic E-state index is 9.29. The Kier molecular flexibility index (Phi) is 3.49. The van der Waals surface area contributed by atoms with Gasteiger partial charge in [-0.05, 0) is 17.2 Å². The number of benzene rings is 2. The lowest BCUT2D eigenvalue weighted by Crippen LogP contribution is -1.91. The van der Waals surface area contributed by atoms with Crippen molar-refractivity contribution in [3.05, 3.63) is 58.1 Å². The van der Waals surface area contributed by atoms with Crippen LogP contribution in [0.25, 0.3) is 11.1 Å². The van der Waals surface area contributed by atoms with Crippen LogP contribution in [0.1, 0.15) is 5.56 Å². The molecule has 1 nitrogen and oxygen atoms in total. The van der Waals surface area contributed by atoms with E-state index < -0.39 is 0 Å². The first-order valence-electron chi connectivity index (χ1n) is 4.87. The summed E-state index contributed by atoms with van der Waals surface area (Å²) in [5.41, 5.74) is 2.54. The van der Waals surface area contributed by atoms with Crippen molar-refractivity contribution in [3.8, 4) is 11.1 Å². The minimum Gasteiger partial charge on any atom is -0.392 e. The van der Waals surface area contributed by atoms with E-state index in [-0.39, 0.29) is 6.61 Å². The number of rotatable bonds is 2. The molecule has 0 aliphatic rings. The number of halogens is 2. The molecule has 1 N–H and O–H groups in total. The second kappa shape index (κ2) is 4.88. The first-order valence-corrected chi connectivity index (χ1v) is 5.63. The molecule has 0 saturated heterocycles. The quantitative estimate of drug-likeness (QED) is 0.852. The van der Waals surface area contributed by atoms with Gasteiger partial charge in [-0.3, -0.25) is 0 Å². The van der Waals surface area contributed by atoms with Crippen LogP contribution in [0.3, 0.4) is 0 Å². The lowest BCUT2D eigenvalue weighted by Gasteiger charge is -2.11. The van der Waals surface area contributed by atoms with Crippen molar-refractivity contribution in [2.75, 3.05) is 0 Å². The molecule has 2 aromatic carbocycles. The van der Waals surface area contributed by atoms with E-state index in [1.54, 1.807) is 12.1 Å². The summed E-state index contributed by atoms with van der Waals surface area (Å²) in [4.78, 5) is 0. The van der Waals surface area contributed by atoms with E-state index >= 15 is 0 Å². The van der Waals surface area contributed by atoms with Gasteiger partial charge in [0.05, 0.1) is 16.7 Å². The van der Waals surface area contributed by atoms with Crippen molar-refractivity contribution >= 4 is 23.2 Å². The van der Waals surface area contributed by atoms with E-state index in [9.17, 15) is 5.11 Å². The van der Waals surface area contributed by atoms with Crippen LogP contribution < -0.4 is 0 Å². The summed E-state index contributed by atoms with van der Waals surface area (Å²) in [5.74, 6) is 0. The molecule has 0 radical (unpaired) electrons. The van der Waals surface area contributed by atoms with Gasteiger partial charge in [0.15, 0.2) is 0 Å². The van der Waals surface area contributed by atoms with Crippen LogP contribution in [0.4, 0.5) is 0 Å². The van der Waals surface area contributed by atoms with E-state index in [4.69, 9.17) is 23.2 Å². The zero-order chi connectivity index (χ0) is 11.5. The van der Waals surface area contributed by atoms with Crippen molar-refractivity contribution in [1.29, 1.82) is 0 Å². The topological polar surface area (TPSA) is 20.2 Å². The Morgan fingerprint density at radius 2 is 1.62 bits per heavy atom. The summed E-state index contributed by atoms with van der Waals surface area (Å²) < 4.78 is 0. The molecule has 16 heavy (non-hydrogen) atoms. The van der Waals surface area contributed by atoms with Gasteiger partial charge in [-0.15, -0.1) is 0 Å². The highest BCUT2D eigenvalue weighted by Gasteiger charge is 2.11. The van der Waals surface area contributed by atoms with Crippen molar-refractivity contribution in [2.24, 2.45) is 0 Å². The van der Waals surface area contributed by atoms with Crippen LogP contribution in [0.5, 0.6) is 0 Å². The van der Waals surface area contributed by atoms with Crippen molar-refractivity contribution in [1.82, 2.24) is 0 Å². The van der Waals surface area contributed by atoms with Gasteiger partial charge in [-0.2, -0.15) is 0 Å². The van der Waals surface area contributed by atoms with Gasteiger partial charge in [-0.1, -0.05) is 59.6 Å². The highest BCUT2D eigenvalue weighted by atomic mass is 35.5. The third-order valence-electron chi connectivity index (χ3n) is 2.41. The monoisotopic (exact) mass is 252 g/mol. The molecule has 0 fully saturated rings. The molecule has 0 spiro atoms. The fraction of sp³-hybridized carbons (Fsp3) is 0.0769. The molecule has 0 bridgehead atoms. The summed E-state index contributed by atoms with van der Waals surface area (Å²) in [7, 11) is 0. The van der Waals surface area contributed by atoms with Crippen LogP contribution in [0, 0.1) is 0 Å². The molecule has 82 valence electrons. The second-order valence-electron chi connectivity index (χ2n) is 3.42. The summed E-state index contributed by atoms with van der Waals surface area (Å²) >= 11 is 12.1. The Balaban J connectivity index is 2.67. The molecule has 0 unspecified atom stereocenters. The van der Waals surface area contributed by atoms with Gasteiger partial charge in [0.1, 0.15) is 0 Å². The van der Waals surface area contributed by atoms with Crippen molar-refractivity contribution < 1.29 is 5.11 Å². The van der Waals surface area contributed by atoms with E-state index in [0.717, 1.165) is 16.7 Å². The Bertz CT molecular complexity index is 495. The van der Waals surface area contributed by atoms with Crippen LogP contribution in [0.15, 0.2) is 42.5 Å². The van der Waals surface area contributed by atoms with Crippen molar-refractivity contribution in [2.45, 2.75) is 6.61 Å². The lowest BCUT2D eigenvalue weighted by molar-refractivity contribution is 0.282. The summed E-state index contributed by atoms with van der Waals surface area (Å²) in [6, 6.07) is 13.1. The minimum absolute atomic E-state index is 0.0544. The maximum atomic E-state index is 9.29. The molecule has 2 aromatic rings. The molecule has 0 amide bonds. The van der Waals surface area contributed by atoms with Crippen LogP contribution in [-0.4, -0.2) is 5.11 Å². The average Bonchev–Trinajstić information content (AvgIpc) is 2.33. The molecule has 0 heterocycles. The normalized spacial score (nSPS) is 10.4. The fourth-order valence-corrected chi connectivity index (χ4v) is 2.09. The summed E-state index contributed by atoms with van der Waals surface area (Å²) in [5, 5.41) is 10.3. The Labute approximate surface area is 104 Å². The lowest BCUT2D eigenvalue weighted by atomic mass is 10.00. The minimum atomic E-state index is -0.0544. The number of hydrogen-bond donors (Lipinski definition) is 1. The average molecular weight is 253 g/mol. The summed E-state index contributed by atoms with van der Waals surface area (Å²) in [6.07, 6.45) is 0. The number of aliphatic hydroxyl groups is 1. The van der Waals surface area contributed by atoms with E-state index in [0.29, 0.717) is 10.0 Å². The van der Waals surface area contributed by atoms with Gasteiger partial charge in [0.25, 0.3) is 0 Å². The van der Waals surface area contributed by atoms with Gasteiger partial charge in [-0.25, -0.2) is 0 Å². The SMILES string of the molecule is OCc1ccc(Cl)c(Cl)c1-c1ccccc1. The van der Waals surface area contributed by atoms with Gasteiger partial charge in [0, 0.05) is 5.56 Å². The van der Waals surface area contributed by atoms with Gasteiger partial charge in [0.2, 0.25) is 0 Å². The van der Waals surface area contributed by atoms with Crippen LogP contribution >= 0.6 is 23.2 Å². The van der Waals surface area contributed by atoms with E-state index in [1.807, 2.05) is 30.3 Å². The predicted molar refractivity (Wildman–Crippen MR) is 67.8 cm³/mol. The molecule has 0 saturated carbocycles. The number of aliphatic hydroxyl groups excluding tert-OH is 1. The Morgan fingerprint density at radius 3 is 2.25 bits per heavy atom. The van der Waals surface area contributed by atoms with Crippen LogP contribution in [0.2, 0.25) is 10.0 Å². The van der Waals surface area contributed by atoms with Crippen molar-refractivity contribution in [3.63, 3.8) is 0 Å². The maximum Gasteiger partial charge on any atom is 0.0688 e. The molecule has 2 rings (SSSR count). The first-order chi connectivity index (χ1) is 7.74. The largest absolute Gasteiger partial charge is 0.392 e. The Hall–Kier alpha value is -1.02. The second-order valence-corrected chi connectivity index (χ2v) is 4.20. The highest BCUT2D eigenvalue weighted by molar-refractivity contribution is 6.43. The summed E-state index contributed by atoms with van der Waals surface area (Å²) in [6.45, 7) is -0.0544. The highest BCUT2D eigenvalue weighted by Crippen LogP contribution is 2.36. The molecule has 0 aromatic heterocycles. The molecular weight excluding hydrogens is 243 g/mol. The number of hydrogen-bond acceptors (Lipinski definition) is 1. The zero-order valence-corrected chi connectivity index (χ0v) is 9.96. The molecule has 0 atom stereocenters. The molecule has 3 heteroatoms. The standard InChI is InChI=1S/C13H10Cl2O/c14-11-7-6-10(8-16)12(13(11)15)9-4-2-1-3-5-9/h1-7,16H,8H2. The van der Waals surface area contributed by atoms with Gasteiger partial charge < -0.3 is 5.11 Å². The third kappa shape index (κ3) is 2.07. The molecular formula is C13H10Cl2O.